The Morgan fingerprint density at radius 3 is 2.63 bits per heavy atom. The molecule has 1 aromatic carbocycles. The van der Waals surface area contributed by atoms with E-state index in [1.165, 1.54) is 0 Å². The lowest BCUT2D eigenvalue weighted by Crippen LogP contribution is -2.40. The second-order valence-corrected chi connectivity index (χ2v) is 8.19. The van der Waals surface area contributed by atoms with Gasteiger partial charge in [-0.1, -0.05) is 12.1 Å². The van der Waals surface area contributed by atoms with Gasteiger partial charge in [-0.3, -0.25) is 4.21 Å². The van der Waals surface area contributed by atoms with Crippen LogP contribution in [0.25, 0.3) is 0 Å². The molecule has 0 aliphatic carbocycles. The zero-order valence-corrected chi connectivity index (χ0v) is 12.2. The van der Waals surface area contributed by atoms with Crippen molar-refractivity contribution < 1.29 is 12.6 Å². The van der Waals surface area contributed by atoms with Crippen LogP contribution in [0.1, 0.15) is 18.4 Å². The highest BCUT2D eigenvalue weighted by molar-refractivity contribution is 7.88. The van der Waals surface area contributed by atoms with Gasteiger partial charge in [-0.05, 0) is 30.5 Å². The van der Waals surface area contributed by atoms with Gasteiger partial charge in [-0.15, -0.1) is 0 Å². The molecule has 0 saturated carbocycles. The number of anilines is 1. The van der Waals surface area contributed by atoms with Gasteiger partial charge >= 0.3 is 0 Å². The highest BCUT2D eigenvalue weighted by Gasteiger charge is 2.22. The summed E-state index contributed by atoms with van der Waals surface area (Å²) in [6.07, 6.45) is 1.28. The molecule has 0 amide bonds. The number of nitrogens with one attached hydrogen (secondary N) is 1. The van der Waals surface area contributed by atoms with Gasteiger partial charge < -0.3 is 5.73 Å². The van der Waals surface area contributed by atoms with Crippen molar-refractivity contribution in [1.82, 2.24) is 4.72 Å². The van der Waals surface area contributed by atoms with Crippen molar-refractivity contribution in [2.45, 2.75) is 24.6 Å². The fourth-order valence-corrected chi connectivity index (χ4v) is 4.85. The fourth-order valence-electron chi connectivity index (χ4n) is 2.11. The Bertz CT molecular complexity index is 562. The first kappa shape index (κ1) is 14.5. The standard InChI is InChI=1S/C12H18N2O3S2/c13-11-3-1-2-10(8-11)9-19(16,17)14-12-4-6-18(15)7-5-12/h1-3,8,12,14H,4-7,9,13H2. The third-order valence-corrected chi connectivity index (χ3v) is 5.83. The molecule has 1 fully saturated rings. The molecule has 0 spiro atoms. The van der Waals surface area contributed by atoms with E-state index in [0.717, 1.165) is 0 Å². The van der Waals surface area contributed by atoms with E-state index in [9.17, 15) is 12.6 Å². The minimum atomic E-state index is -3.37. The average Bonchev–Trinajstić information content (AvgIpc) is 2.31. The lowest BCUT2D eigenvalue weighted by molar-refractivity contribution is 0.521. The molecule has 2 rings (SSSR count). The van der Waals surface area contributed by atoms with Gasteiger partial charge in [0, 0.05) is 34.0 Å². The molecule has 0 atom stereocenters. The van der Waals surface area contributed by atoms with Gasteiger partial charge in [0.05, 0.1) is 5.75 Å². The van der Waals surface area contributed by atoms with Gasteiger partial charge in [-0.2, -0.15) is 0 Å². The first-order chi connectivity index (χ1) is 8.94. The molecule has 1 aliphatic rings. The first-order valence-electron chi connectivity index (χ1n) is 6.14. The molecule has 1 aliphatic heterocycles. The van der Waals surface area contributed by atoms with Crippen LogP contribution in [0.15, 0.2) is 24.3 Å². The van der Waals surface area contributed by atoms with Crippen LogP contribution in [0.2, 0.25) is 0 Å². The molecule has 5 nitrogen and oxygen atoms in total. The molecule has 1 heterocycles. The van der Waals surface area contributed by atoms with Gasteiger partial charge in [0.2, 0.25) is 10.0 Å². The molecule has 3 N–H and O–H groups in total. The molecule has 0 aromatic heterocycles. The molecule has 0 bridgehead atoms. The Labute approximate surface area is 116 Å². The van der Waals surface area contributed by atoms with Gasteiger partial charge in [0.15, 0.2) is 0 Å². The summed E-state index contributed by atoms with van der Waals surface area (Å²) in [5.41, 5.74) is 6.86. The molecule has 0 unspecified atom stereocenters. The maximum atomic E-state index is 12.0. The van der Waals surface area contributed by atoms with Crippen molar-refractivity contribution in [2.75, 3.05) is 17.2 Å². The summed E-state index contributed by atoms with van der Waals surface area (Å²) in [4.78, 5) is 0. The summed E-state index contributed by atoms with van der Waals surface area (Å²) in [5, 5.41) is 0. The minimum absolute atomic E-state index is 0.0718. The quantitative estimate of drug-likeness (QED) is 0.797. The maximum Gasteiger partial charge on any atom is 0.216 e. The number of hydrogen-bond acceptors (Lipinski definition) is 4. The molecule has 7 heteroatoms. The Morgan fingerprint density at radius 1 is 1.32 bits per heavy atom. The summed E-state index contributed by atoms with van der Waals surface area (Å²) in [6, 6.07) is 6.77. The van der Waals surface area contributed by atoms with Crippen LogP contribution in [0.3, 0.4) is 0 Å². The van der Waals surface area contributed by atoms with Crippen LogP contribution in [0.4, 0.5) is 5.69 Å². The second kappa shape index (κ2) is 6.02. The third-order valence-electron chi connectivity index (χ3n) is 3.04. The molecule has 1 saturated heterocycles. The smallest absolute Gasteiger partial charge is 0.216 e. The van der Waals surface area contributed by atoms with E-state index in [2.05, 4.69) is 4.72 Å². The van der Waals surface area contributed by atoms with Crippen LogP contribution in [-0.2, 0) is 26.6 Å². The largest absolute Gasteiger partial charge is 0.399 e. The number of hydrogen-bond donors (Lipinski definition) is 2. The number of nitrogens with two attached hydrogens (primary N) is 1. The van der Waals surface area contributed by atoms with Crippen molar-refractivity contribution in [1.29, 1.82) is 0 Å². The third kappa shape index (κ3) is 4.59. The van der Waals surface area contributed by atoms with Crippen molar-refractivity contribution in [3.63, 3.8) is 0 Å². The Kier molecular flexibility index (Phi) is 4.59. The summed E-state index contributed by atoms with van der Waals surface area (Å²) < 4.78 is 38.0. The Morgan fingerprint density at radius 2 is 2.00 bits per heavy atom. The topological polar surface area (TPSA) is 89.3 Å². The molecule has 0 radical (unpaired) electrons. The van der Waals surface area contributed by atoms with Crippen LogP contribution in [0, 0.1) is 0 Å². The van der Waals surface area contributed by atoms with Crippen LogP contribution in [-0.4, -0.2) is 30.2 Å². The Hall–Kier alpha value is -0.920. The molecule has 106 valence electrons. The average molecular weight is 302 g/mol. The predicted octanol–water partition coefficient (Wildman–Crippen LogP) is 0.599. The molecule has 19 heavy (non-hydrogen) atoms. The number of sulfonamides is 1. The van der Waals surface area contributed by atoms with Gasteiger partial charge in [0.25, 0.3) is 0 Å². The number of rotatable bonds is 4. The number of nitrogen functional groups attached to an aromatic ring is 1. The van der Waals surface area contributed by atoms with Crippen LogP contribution in [0.5, 0.6) is 0 Å². The Balaban J connectivity index is 1.97. The highest BCUT2D eigenvalue weighted by Crippen LogP contribution is 2.13. The zero-order chi connectivity index (χ0) is 13.9. The predicted molar refractivity (Wildman–Crippen MR) is 77.5 cm³/mol. The SMILES string of the molecule is Nc1cccc(CS(=O)(=O)NC2CCS(=O)CC2)c1. The van der Waals surface area contributed by atoms with Crippen molar-refractivity contribution in [3.05, 3.63) is 29.8 Å². The van der Waals surface area contributed by atoms with Crippen molar-refractivity contribution >= 4 is 26.5 Å². The summed E-state index contributed by atoms with van der Waals surface area (Å²) in [5.74, 6) is 1.08. The van der Waals surface area contributed by atoms with E-state index in [1.807, 2.05) is 0 Å². The second-order valence-electron chi connectivity index (χ2n) is 4.74. The van der Waals surface area contributed by atoms with Gasteiger partial charge in [-0.25, -0.2) is 13.1 Å². The summed E-state index contributed by atoms with van der Waals surface area (Å²) >= 11 is 0. The molecular weight excluding hydrogens is 284 g/mol. The van der Waals surface area contributed by atoms with E-state index in [1.54, 1.807) is 24.3 Å². The molecular formula is C12H18N2O3S2. The lowest BCUT2D eigenvalue weighted by Gasteiger charge is -2.22. The summed E-state index contributed by atoms with van der Waals surface area (Å²) in [6.45, 7) is 0. The van der Waals surface area contributed by atoms with Crippen molar-refractivity contribution in [2.24, 2.45) is 0 Å². The zero-order valence-electron chi connectivity index (χ0n) is 10.5. The maximum absolute atomic E-state index is 12.0. The van der Waals surface area contributed by atoms with E-state index >= 15 is 0 Å². The number of benzene rings is 1. The first-order valence-corrected chi connectivity index (χ1v) is 9.28. The van der Waals surface area contributed by atoms with E-state index in [-0.39, 0.29) is 11.8 Å². The van der Waals surface area contributed by atoms with E-state index in [0.29, 0.717) is 35.6 Å². The lowest BCUT2D eigenvalue weighted by atomic mass is 10.2. The fraction of sp³-hybridized carbons (Fsp3) is 0.500. The van der Waals surface area contributed by atoms with Crippen molar-refractivity contribution in [3.8, 4) is 0 Å². The van der Waals surface area contributed by atoms with E-state index < -0.39 is 20.8 Å². The molecule has 1 aromatic rings. The van der Waals surface area contributed by atoms with E-state index in [4.69, 9.17) is 5.73 Å². The highest BCUT2D eigenvalue weighted by atomic mass is 32.2. The normalized spacial score (nSPS) is 24.2. The van der Waals surface area contributed by atoms with Crippen LogP contribution < -0.4 is 10.5 Å². The monoisotopic (exact) mass is 302 g/mol. The van der Waals surface area contributed by atoms with Crippen LogP contribution >= 0.6 is 0 Å². The summed E-state index contributed by atoms with van der Waals surface area (Å²) in [7, 11) is -4.15. The minimum Gasteiger partial charge on any atom is -0.399 e. The van der Waals surface area contributed by atoms with Gasteiger partial charge in [0.1, 0.15) is 0 Å².